The Hall–Kier alpha value is -0.620. The molecule has 1 atom stereocenters. The van der Waals surface area contributed by atoms with E-state index in [0.717, 1.165) is 20.2 Å². The van der Waals surface area contributed by atoms with E-state index in [-0.39, 0.29) is 6.04 Å². The summed E-state index contributed by atoms with van der Waals surface area (Å²) < 4.78 is 1.78. The smallest absolute Gasteiger partial charge is 0.0651 e. The minimum Gasteiger partial charge on any atom is -0.377 e. The molecule has 2 aromatic rings. The fourth-order valence-corrected chi connectivity index (χ4v) is 2.56. The Kier molecular flexibility index (Phi) is 5.21. The van der Waals surface area contributed by atoms with Crippen molar-refractivity contribution >= 4 is 49.1 Å². The van der Waals surface area contributed by atoms with Gasteiger partial charge in [0.1, 0.15) is 0 Å². The molecular weight excluding hydrogens is 393 g/mol. The highest BCUT2D eigenvalue weighted by molar-refractivity contribution is 9.10. The number of halogens is 3. The summed E-state index contributed by atoms with van der Waals surface area (Å²) in [7, 11) is 0. The Balaban J connectivity index is 2.21. The summed E-state index contributed by atoms with van der Waals surface area (Å²) in [6.45, 7) is 0.471. The van der Waals surface area contributed by atoms with Gasteiger partial charge in [0, 0.05) is 33.6 Å². The van der Waals surface area contributed by atoms with Crippen LogP contribution < -0.4 is 11.1 Å². The second-order valence-corrected chi connectivity index (χ2v) is 6.18. The van der Waals surface area contributed by atoms with Crippen LogP contribution >= 0.6 is 43.5 Å². The first-order chi connectivity index (χ1) is 9.10. The number of hydrogen-bond acceptors (Lipinski definition) is 3. The van der Waals surface area contributed by atoms with Crippen LogP contribution in [0.4, 0.5) is 5.69 Å². The van der Waals surface area contributed by atoms with E-state index < -0.39 is 0 Å². The Morgan fingerprint density at radius 3 is 2.68 bits per heavy atom. The van der Waals surface area contributed by atoms with E-state index in [2.05, 4.69) is 42.2 Å². The van der Waals surface area contributed by atoms with Crippen LogP contribution in [0.2, 0.25) is 5.02 Å². The van der Waals surface area contributed by atoms with Crippen LogP contribution in [-0.2, 0) is 0 Å². The van der Waals surface area contributed by atoms with Gasteiger partial charge in [0.05, 0.1) is 11.1 Å². The SMILES string of the molecule is NCC(Nc1ccc(Cl)c(Br)c1)c1cncc(Br)c1. The highest BCUT2D eigenvalue weighted by Crippen LogP contribution is 2.28. The van der Waals surface area contributed by atoms with Crippen molar-refractivity contribution < 1.29 is 0 Å². The van der Waals surface area contributed by atoms with Gasteiger partial charge in [-0.2, -0.15) is 0 Å². The van der Waals surface area contributed by atoms with E-state index in [9.17, 15) is 0 Å². The zero-order valence-corrected chi connectivity index (χ0v) is 13.8. The van der Waals surface area contributed by atoms with E-state index in [1.165, 1.54) is 0 Å². The molecule has 0 aliphatic rings. The lowest BCUT2D eigenvalue weighted by Crippen LogP contribution is -2.20. The Bertz CT molecular complexity index is 578. The number of anilines is 1. The minimum absolute atomic E-state index is 0.00178. The average molecular weight is 406 g/mol. The van der Waals surface area contributed by atoms with Crippen LogP contribution in [0.1, 0.15) is 11.6 Å². The predicted molar refractivity (Wildman–Crippen MR) is 86.5 cm³/mol. The van der Waals surface area contributed by atoms with Gasteiger partial charge in [-0.3, -0.25) is 4.98 Å². The molecule has 100 valence electrons. The largest absolute Gasteiger partial charge is 0.377 e. The summed E-state index contributed by atoms with van der Waals surface area (Å²) in [5.41, 5.74) is 7.81. The fraction of sp³-hybridized carbons (Fsp3) is 0.154. The maximum Gasteiger partial charge on any atom is 0.0651 e. The van der Waals surface area contributed by atoms with E-state index in [1.54, 1.807) is 12.4 Å². The molecule has 2 rings (SSSR count). The zero-order valence-electron chi connectivity index (χ0n) is 9.91. The molecule has 0 aliphatic heterocycles. The molecule has 1 unspecified atom stereocenters. The number of nitrogens with one attached hydrogen (secondary N) is 1. The third-order valence-corrected chi connectivity index (χ3v) is 4.27. The second-order valence-electron chi connectivity index (χ2n) is 4.00. The summed E-state index contributed by atoms with van der Waals surface area (Å²) in [4.78, 5) is 4.15. The Labute approximate surface area is 133 Å². The number of hydrogen-bond donors (Lipinski definition) is 2. The number of benzene rings is 1. The number of pyridine rings is 1. The fourth-order valence-electron chi connectivity index (χ4n) is 1.68. The molecule has 0 saturated heterocycles. The molecule has 0 bridgehead atoms. The van der Waals surface area contributed by atoms with Gasteiger partial charge >= 0.3 is 0 Å². The molecule has 1 aromatic heterocycles. The summed E-state index contributed by atoms with van der Waals surface area (Å²) >= 11 is 12.8. The van der Waals surface area contributed by atoms with Gasteiger partial charge in [-0.25, -0.2) is 0 Å². The van der Waals surface area contributed by atoms with Crippen molar-refractivity contribution in [1.82, 2.24) is 4.98 Å². The van der Waals surface area contributed by atoms with E-state index >= 15 is 0 Å². The van der Waals surface area contributed by atoms with Crippen molar-refractivity contribution in [3.63, 3.8) is 0 Å². The lowest BCUT2D eigenvalue weighted by molar-refractivity contribution is 0.784. The van der Waals surface area contributed by atoms with Crippen LogP contribution in [0.25, 0.3) is 0 Å². The molecular formula is C13H12Br2ClN3. The molecule has 0 aliphatic carbocycles. The third-order valence-electron chi connectivity index (χ3n) is 2.62. The molecule has 19 heavy (non-hydrogen) atoms. The van der Waals surface area contributed by atoms with Gasteiger partial charge in [-0.15, -0.1) is 0 Å². The van der Waals surface area contributed by atoms with Crippen molar-refractivity contribution in [3.8, 4) is 0 Å². The monoisotopic (exact) mass is 403 g/mol. The van der Waals surface area contributed by atoms with Gasteiger partial charge in [0.15, 0.2) is 0 Å². The summed E-state index contributed by atoms with van der Waals surface area (Å²) in [5.74, 6) is 0. The molecule has 3 N–H and O–H groups in total. The van der Waals surface area contributed by atoms with Gasteiger partial charge in [-0.1, -0.05) is 11.6 Å². The molecule has 0 fully saturated rings. The highest BCUT2D eigenvalue weighted by Gasteiger charge is 2.11. The van der Waals surface area contributed by atoms with E-state index in [4.69, 9.17) is 17.3 Å². The summed E-state index contributed by atoms with van der Waals surface area (Å²) in [6.07, 6.45) is 3.55. The quantitative estimate of drug-likeness (QED) is 0.794. The van der Waals surface area contributed by atoms with Crippen LogP contribution in [-0.4, -0.2) is 11.5 Å². The molecule has 1 heterocycles. The first-order valence-electron chi connectivity index (χ1n) is 5.62. The number of aromatic nitrogens is 1. The normalized spacial score (nSPS) is 12.2. The first-order valence-corrected chi connectivity index (χ1v) is 7.58. The molecule has 0 amide bonds. The summed E-state index contributed by atoms with van der Waals surface area (Å²) in [5, 5.41) is 4.05. The Morgan fingerprint density at radius 1 is 1.26 bits per heavy atom. The second kappa shape index (κ2) is 6.70. The highest BCUT2D eigenvalue weighted by atomic mass is 79.9. The zero-order chi connectivity index (χ0) is 13.8. The molecule has 3 nitrogen and oxygen atoms in total. The summed E-state index contributed by atoms with van der Waals surface area (Å²) in [6, 6.07) is 7.68. The molecule has 6 heteroatoms. The van der Waals surface area contributed by atoms with Crippen LogP contribution in [0, 0.1) is 0 Å². The van der Waals surface area contributed by atoms with E-state index in [1.807, 2.05) is 24.3 Å². The lowest BCUT2D eigenvalue weighted by atomic mass is 10.1. The maximum absolute atomic E-state index is 5.97. The number of nitrogens with two attached hydrogens (primary N) is 1. The van der Waals surface area contributed by atoms with Gasteiger partial charge in [-0.05, 0) is 61.7 Å². The number of nitrogens with zero attached hydrogens (tertiary/aromatic N) is 1. The standard InChI is InChI=1S/C13H12Br2ClN3/c14-9-3-8(6-18-7-9)13(5-17)19-10-1-2-12(16)11(15)4-10/h1-4,6-7,13,19H,5,17H2. The van der Waals surface area contributed by atoms with Crippen molar-refractivity contribution in [2.24, 2.45) is 5.73 Å². The number of rotatable bonds is 4. The molecule has 0 saturated carbocycles. The Morgan fingerprint density at radius 2 is 2.05 bits per heavy atom. The van der Waals surface area contributed by atoms with Crippen molar-refractivity contribution in [2.45, 2.75) is 6.04 Å². The molecule has 1 aromatic carbocycles. The van der Waals surface area contributed by atoms with Crippen LogP contribution in [0.15, 0.2) is 45.6 Å². The molecule has 0 spiro atoms. The minimum atomic E-state index is -0.00178. The average Bonchev–Trinajstić information content (AvgIpc) is 2.40. The topological polar surface area (TPSA) is 50.9 Å². The molecule has 0 radical (unpaired) electrons. The van der Waals surface area contributed by atoms with Gasteiger partial charge < -0.3 is 11.1 Å². The lowest BCUT2D eigenvalue weighted by Gasteiger charge is -2.19. The van der Waals surface area contributed by atoms with Gasteiger partial charge in [0.25, 0.3) is 0 Å². The third kappa shape index (κ3) is 3.92. The first kappa shape index (κ1) is 14.8. The van der Waals surface area contributed by atoms with Crippen LogP contribution in [0.3, 0.4) is 0 Å². The van der Waals surface area contributed by atoms with Gasteiger partial charge in [0.2, 0.25) is 0 Å². The van der Waals surface area contributed by atoms with E-state index in [0.29, 0.717) is 11.6 Å². The van der Waals surface area contributed by atoms with Crippen molar-refractivity contribution in [2.75, 3.05) is 11.9 Å². The van der Waals surface area contributed by atoms with Crippen molar-refractivity contribution in [1.29, 1.82) is 0 Å². The van der Waals surface area contributed by atoms with Crippen molar-refractivity contribution in [3.05, 3.63) is 56.2 Å². The maximum atomic E-state index is 5.97. The van der Waals surface area contributed by atoms with Crippen LogP contribution in [0.5, 0.6) is 0 Å². The predicted octanol–water partition coefficient (Wildman–Crippen LogP) is 4.37.